The first-order chi connectivity index (χ1) is 17.4. The summed E-state index contributed by atoms with van der Waals surface area (Å²) < 4.78 is 5.32. The van der Waals surface area contributed by atoms with Crippen molar-refractivity contribution in [1.82, 2.24) is 15.5 Å². The number of nitrogens with one attached hydrogen (secondary N) is 2. The van der Waals surface area contributed by atoms with Crippen molar-refractivity contribution in [2.75, 3.05) is 6.54 Å². The zero-order valence-electron chi connectivity index (χ0n) is 23.6. The van der Waals surface area contributed by atoms with E-state index in [0.29, 0.717) is 5.92 Å². The van der Waals surface area contributed by atoms with Crippen LogP contribution in [0.1, 0.15) is 104 Å². The number of benzene rings is 1. The lowest BCUT2D eigenvalue weighted by atomic mass is 9.93. The highest BCUT2D eigenvalue weighted by Gasteiger charge is 2.36. The van der Waals surface area contributed by atoms with E-state index in [1.807, 2.05) is 31.2 Å². The van der Waals surface area contributed by atoms with E-state index in [1.54, 1.807) is 31.7 Å². The number of alkyl carbamates (subject to hydrolysis) is 1. The Morgan fingerprint density at radius 2 is 1.78 bits per heavy atom. The van der Waals surface area contributed by atoms with Crippen LogP contribution in [0.5, 0.6) is 0 Å². The highest BCUT2D eigenvalue weighted by Crippen LogP contribution is 2.28. The maximum atomic E-state index is 13.9. The van der Waals surface area contributed by atoms with E-state index in [1.165, 1.54) is 6.42 Å². The van der Waals surface area contributed by atoms with Gasteiger partial charge in [0.25, 0.3) is 0 Å². The number of ether oxygens (including phenoxy) is 1. The fourth-order valence-corrected chi connectivity index (χ4v) is 4.73. The third kappa shape index (κ3) is 10.2. The smallest absolute Gasteiger partial charge is 0.408 e. The fourth-order valence-electron chi connectivity index (χ4n) is 4.73. The summed E-state index contributed by atoms with van der Waals surface area (Å²) in [5, 5.41) is 5.82. The third-order valence-corrected chi connectivity index (χ3v) is 6.65. The quantitative estimate of drug-likeness (QED) is 0.380. The molecule has 0 saturated heterocycles. The van der Waals surface area contributed by atoms with Crippen molar-refractivity contribution in [3.8, 4) is 0 Å². The van der Waals surface area contributed by atoms with Crippen LogP contribution in [0.2, 0.25) is 0 Å². The molecule has 1 aliphatic carbocycles. The normalized spacial score (nSPS) is 16.0. The Bertz CT molecular complexity index is 916. The Hall–Kier alpha value is -2.83. The van der Waals surface area contributed by atoms with Crippen LogP contribution in [0.25, 0.3) is 6.08 Å². The van der Waals surface area contributed by atoms with Crippen molar-refractivity contribution in [2.45, 2.75) is 110 Å². The topological polar surface area (TPSA) is 87.7 Å². The lowest BCUT2D eigenvalue weighted by molar-refractivity contribution is -0.143. The molecule has 2 atom stereocenters. The number of carbonyl (C=O) groups excluding carboxylic acids is 3. The molecule has 2 rings (SSSR count). The van der Waals surface area contributed by atoms with Crippen LogP contribution in [0.15, 0.2) is 30.8 Å². The molecule has 0 aromatic heterocycles. The average Bonchev–Trinajstić information content (AvgIpc) is 2.83. The van der Waals surface area contributed by atoms with Gasteiger partial charge in [0.15, 0.2) is 0 Å². The number of amides is 3. The van der Waals surface area contributed by atoms with E-state index >= 15 is 0 Å². The molecule has 0 heterocycles. The predicted octanol–water partition coefficient (Wildman–Crippen LogP) is 6.00. The summed E-state index contributed by atoms with van der Waals surface area (Å²) in [6.45, 7) is 15.2. The SMILES string of the molecule is C=Cc1cccc(C(C(=O)NC2CCCCC2)N(C(=O)CNC(=O)OC(C)(C)C)C(C)CCC(C)C)c1. The van der Waals surface area contributed by atoms with Gasteiger partial charge >= 0.3 is 6.09 Å². The molecule has 2 N–H and O–H groups in total. The Balaban J connectivity index is 2.40. The Morgan fingerprint density at radius 3 is 2.38 bits per heavy atom. The third-order valence-electron chi connectivity index (χ3n) is 6.65. The molecule has 1 saturated carbocycles. The highest BCUT2D eigenvalue weighted by molar-refractivity contribution is 5.91. The van der Waals surface area contributed by atoms with Gasteiger partial charge in [0.2, 0.25) is 11.8 Å². The second kappa shape index (κ2) is 14.2. The van der Waals surface area contributed by atoms with Gasteiger partial charge in [-0.1, -0.05) is 64.0 Å². The highest BCUT2D eigenvalue weighted by atomic mass is 16.6. The molecule has 2 unspecified atom stereocenters. The molecule has 37 heavy (non-hydrogen) atoms. The van der Waals surface area contributed by atoms with Crippen molar-refractivity contribution in [1.29, 1.82) is 0 Å². The molecule has 7 nitrogen and oxygen atoms in total. The summed E-state index contributed by atoms with van der Waals surface area (Å²) in [5.74, 6) is -0.0528. The first-order valence-electron chi connectivity index (χ1n) is 13.7. The van der Waals surface area contributed by atoms with Crippen molar-refractivity contribution in [3.63, 3.8) is 0 Å². The molecule has 0 bridgehead atoms. The van der Waals surface area contributed by atoms with Gasteiger partial charge in [-0.2, -0.15) is 0 Å². The van der Waals surface area contributed by atoms with Crippen LogP contribution in [-0.2, 0) is 14.3 Å². The number of nitrogens with zero attached hydrogens (tertiary/aromatic N) is 1. The van der Waals surface area contributed by atoms with Crippen molar-refractivity contribution in [2.24, 2.45) is 5.92 Å². The first-order valence-corrected chi connectivity index (χ1v) is 13.7. The molecule has 1 aromatic carbocycles. The summed E-state index contributed by atoms with van der Waals surface area (Å²) in [5.41, 5.74) is 0.931. The number of hydrogen-bond acceptors (Lipinski definition) is 4. The minimum atomic E-state index is -0.822. The van der Waals surface area contributed by atoms with Crippen LogP contribution >= 0.6 is 0 Å². The second-order valence-corrected chi connectivity index (χ2v) is 11.6. The van der Waals surface area contributed by atoms with E-state index in [2.05, 4.69) is 31.1 Å². The lowest BCUT2D eigenvalue weighted by Crippen LogP contribution is -2.52. The molecule has 0 aliphatic heterocycles. The molecular formula is C30H47N3O4. The Labute approximate surface area is 223 Å². The summed E-state index contributed by atoms with van der Waals surface area (Å²) in [7, 11) is 0. The molecular weight excluding hydrogens is 466 g/mol. The van der Waals surface area contributed by atoms with Gasteiger partial charge in [0.1, 0.15) is 18.2 Å². The summed E-state index contributed by atoms with van der Waals surface area (Å²) >= 11 is 0. The van der Waals surface area contributed by atoms with Gasteiger partial charge < -0.3 is 20.3 Å². The van der Waals surface area contributed by atoms with Crippen LogP contribution in [0.4, 0.5) is 4.79 Å². The zero-order valence-corrected chi connectivity index (χ0v) is 23.6. The van der Waals surface area contributed by atoms with Crippen LogP contribution in [0.3, 0.4) is 0 Å². The van der Waals surface area contributed by atoms with Crippen LogP contribution in [0, 0.1) is 5.92 Å². The first kappa shape index (κ1) is 30.4. The van der Waals surface area contributed by atoms with Gasteiger partial charge in [-0.3, -0.25) is 9.59 Å². The molecule has 1 aliphatic rings. The maximum absolute atomic E-state index is 13.9. The van der Waals surface area contributed by atoms with Gasteiger partial charge in [-0.25, -0.2) is 4.79 Å². The summed E-state index contributed by atoms with van der Waals surface area (Å²) in [4.78, 5) is 41.6. The Morgan fingerprint density at radius 1 is 1.11 bits per heavy atom. The van der Waals surface area contributed by atoms with Crippen molar-refractivity contribution < 1.29 is 19.1 Å². The second-order valence-electron chi connectivity index (χ2n) is 11.6. The minimum Gasteiger partial charge on any atom is -0.444 e. The molecule has 1 fully saturated rings. The van der Waals surface area contributed by atoms with E-state index in [4.69, 9.17) is 4.74 Å². The van der Waals surface area contributed by atoms with E-state index in [0.717, 1.165) is 49.7 Å². The van der Waals surface area contributed by atoms with E-state index in [-0.39, 0.29) is 30.4 Å². The lowest BCUT2D eigenvalue weighted by Gasteiger charge is -2.38. The molecule has 206 valence electrons. The molecule has 3 amide bonds. The van der Waals surface area contributed by atoms with Gasteiger partial charge in [-0.15, -0.1) is 0 Å². The van der Waals surface area contributed by atoms with Crippen LogP contribution < -0.4 is 10.6 Å². The molecule has 0 spiro atoms. The van der Waals surface area contributed by atoms with Gasteiger partial charge in [0, 0.05) is 12.1 Å². The monoisotopic (exact) mass is 513 g/mol. The zero-order chi connectivity index (χ0) is 27.6. The van der Waals surface area contributed by atoms with Crippen LogP contribution in [-0.4, -0.2) is 47.0 Å². The number of rotatable bonds is 11. The summed E-state index contributed by atoms with van der Waals surface area (Å²) in [6, 6.07) is 6.67. The maximum Gasteiger partial charge on any atom is 0.408 e. The van der Waals surface area contributed by atoms with E-state index in [9.17, 15) is 14.4 Å². The van der Waals surface area contributed by atoms with Gasteiger partial charge in [-0.05, 0) is 76.5 Å². The van der Waals surface area contributed by atoms with Crippen molar-refractivity contribution >= 4 is 24.0 Å². The fraction of sp³-hybridized carbons (Fsp3) is 0.633. The average molecular weight is 514 g/mol. The molecule has 0 radical (unpaired) electrons. The van der Waals surface area contributed by atoms with Gasteiger partial charge in [0.05, 0.1) is 0 Å². The largest absolute Gasteiger partial charge is 0.444 e. The van der Waals surface area contributed by atoms with Crippen molar-refractivity contribution in [3.05, 3.63) is 42.0 Å². The standard InChI is InChI=1S/C30H47N3O4/c1-8-23-13-12-14-24(19-23)27(28(35)32-25-15-10-9-11-16-25)33(22(4)18-17-21(2)3)26(34)20-31-29(36)37-30(5,6)7/h8,12-14,19,21-22,25,27H,1,9-11,15-18,20H2,2-7H3,(H,31,36)(H,32,35). The number of hydrogen-bond donors (Lipinski definition) is 2. The van der Waals surface area contributed by atoms with E-state index < -0.39 is 17.7 Å². The number of carbonyl (C=O) groups is 3. The minimum absolute atomic E-state index is 0.106. The predicted molar refractivity (Wildman–Crippen MR) is 149 cm³/mol. The summed E-state index contributed by atoms with van der Waals surface area (Å²) in [6.07, 6.45) is 7.99. The molecule has 7 heteroatoms. The molecule has 1 aromatic rings. The Kier molecular flexibility index (Phi) is 11.7.